The van der Waals surface area contributed by atoms with E-state index in [-0.39, 0.29) is 0 Å². The van der Waals surface area contributed by atoms with E-state index in [4.69, 9.17) is 5.73 Å². The maximum atomic E-state index is 5.65. The largest absolute Gasteiger partial charge is 0.330 e. The molecule has 3 heteroatoms. The van der Waals surface area contributed by atoms with Crippen molar-refractivity contribution in [3.05, 3.63) is 0 Å². The monoisotopic (exact) mass is 199 g/mol. The van der Waals surface area contributed by atoms with Crippen LogP contribution < -0.4 is 5.73 Å². The molecule has 0 aromatic rings. The van der Waals surface area contributed by atoms with Crippen molar-refractivity contribution in [2.24, 2.45) is 5.73 Å². The first-order valence-electron chi connectivity index (χ1n) is 5.79. The standard InChI is InChI=1S/C11H25N3/c1-10(2)14-8-4-7-13(3)11(9-14)5-6-12/h10-11H,4-9,12H2,1-3H3. The van der Waals surface area contributed by atoms with Gasteiger partial charge in [-0.05, 0) is 53.4 Å². The zero-order valence-electron chi connectivity index (χ0n) is 9.87. The van der Waals surface area contributed by atoms with Gasteiger partial charge in [-0.15, -0.1) is 0 Å². The van der Waals surface area contributed by atoms with Gasteiger partial charge in [0.1, 0.15) is 0 Å². The van der Waals surface area contributed by atoms with Gasteiger partial charge in [0, 0.05) is 18.6 Å². The van der Waals surface area contributed by atoms with Crippen molar-refractivity contribution in [2.45, 2.75) is 38.8 Å². The minimum absolute atomic E-state index is 0.657. The van der Waals surface area contributed by atoms with E-state index in [1.165, 1.54) is 26.1 Å². The summed E-state index contributed by atoms with van der Waals surface area (Å²) in [5.74, 6) is 0. The van der Waals surface area contributed by atoms with Crippen LogP contribution in [0.15, 0.2) is 0 Å². The van der Waals surface area contributed by atoms with Gasteiger partial charge in [0.2, 0.25) is 0 Å². The molecule has 1 unspecified atom stereocenters. The number of nitrogens with two attached hydrogens (primary N) is 1. The van der Waals surface area contributed by atoms with Crippen LogP contribution >= 0.6 is 0 Å². The van der Waals surface area contributed by atoms with Crippen LogP contribution in [0.4, 0.5) is 0 Å². The zero-order valence-corrected chi connectivity index (χ0v) is 9.87. The molecule has 1 saturated heterocycles. The normalized spacial score (nSPS) is 26.8. The second-order valence-electron chi connectivity index (χ2n) is 4.65. The van der Waals surface area contributed by atoms with E-state index < -0.39 is 0 Å². The molecule has 0 radical (unpaired) electrons. The average Bonchev–Trinajstić information content (AvgIpc) is 2.30. The second kappa shape index (κ2) is 5.69. The zero-order chi connectivity index (χ0) is 10.6. The summed E-state index contributed by atoms with van der Waals surface area (Å²) in [6.45, 7) is 9.01. The molecule has 3 nitrogen and oxygen atoms in total. The van der Waals surface area contributed by atoms with Gasteiger partial charge in [0.15, 0.2) is 0 Å². The summed E-state index contributed by atoms with van der Waals surface area (Å²) >= 11 is 0. The molecule has 1 atom stereocenters. The molecule has 0 aliphatic carbocycles. The fourth-order valence-corrected chi connectivity index (χ4v) is 2.18. The van der Waals surface area contributed by atoms with Crippen LogP contribution in [0.5, 0.6) is 0 Å². The fraction of sp³-hybridized carbons (Fsp3) is 1.00. The number of rotatable bonds is 3. The molecule has 1 fully saturated rings. The molecule has 14 heavy (non-hydrogen) atoms. The Bertz CT molecular complexity index is 159. The van der Waals surface area contributed by atoms with Crippen molar-refractivity contribution >= 4 is 0 Å². The van der Waals surface area contributed by atoms with Crippen LogP contribution in [-0.4, -0.2) is 55.1 Å². The molecule has 2 N–H and O–H groups in total. The molecule has 0 amide bonds. The topological polar surface area (TPSA) is 32.5 Å². The van der Waals surface area contributed by atoms with E-state index in [0.29, 0.717) is 12.1 Å². The number of hydrogen-bond acceptors (Lipinski definition) is 3. The lowest BCUT2D eigenvalue weighted by Gasteiger charge is -2.30. The molecular formula is C11H25N3. The highest BCUT2D eigenvalue weighted by Crippen LogP contribution is 2.12. The Labute approximate surface area is 88.2 Å². The molecule has 0 aromatic carbocycles. The van der Waals surface area contributed by atoms with Gasteiger partial charge in [-0.1, -0.05) is 0 Å². The van der Waals surface area contributed by atoms with Gasteiger partial charge in [0.25, 0.3) is 0 Å². The number of hydrogen-bond donors (Lipinski definition) is 1. The van der Waals surface area contributed by atoms with Gasteiger partial charge >= 0.3 is 0 Å². The SMILES string of the molecule is CC(C)N1CCCN(C)C(CCN)C1. The van der Waals surface area contributed by atoms with Gasteiger partial charge in [-0.25, -0.2) is 0 Å². The molecule has 1 heterocycles. The van der Waals surface area contributed by atoms with Gasteiger partial charge in [0.05, 0.1) is 0 Å². The average molecular weight is 199 g/mol. The highest BCUT2D eigenvalue weighted by molar-refractivity contribution is 4.79. The van der Waals surface area contributed by atoms with E-state index in [2.05, 4.69) is 30.7 Å². The predicted octanol–water partition coefficient (Wildman–Crippen LogP) is 0.750. The third kappa shape index (κ3) is 3.23. The molecule has 0 saturated carbocycles. The molecule has 1 aliphatic heterocycles. The number of nitrogens with zero attached hydrogens (tertiary/aromatic N) is 2. The Morgan fingerprint density at radius 3 is 2.64 bits per heavy atom. The summed E-state index contributed by atoms with van der Waals surface area (Å²) in [6, 6.07) is 1.33. The lowest BCUT2D eigenvalue weighted by Crippen LogP contribution is -2.42. The Kier molecular flexibility index (Phi) is 4.85. The van der Waals surface area contributed by atoms with E-state index in [1.807, 2.05) is 0 Å². The molecule has 1 rings (SSSR count). The molecule has 0 bridgehead atoms. The first-order chi connectivity index (χ1) is 6.65. The van der Waals surface area contributed by atoms with Crippen LogP contribution in [0, 0.1) is 0 Å². The van der Waals surface area contributed by atoms with Crippen molar-refractivity contribution in [3.8, 4) is 0 Å². The Morgan fingerprint density at radius 1 is 1.36 bits per heavy atom. The van der Waals surface area contributed by atoms with Crippen LogP contribution in [0.25, 0.3) is 0 Å². The Morgan fingerprint density at radius 2 is 2.07 bits per heavy atom. The van der Waals surface area contributed by atoms with Gasteiger partial charge in [-0.2, -0.15) is 0 Å². The van der Waals surface area contributed by atoms with Crippen LogP contribution in [0.3, 0.4) is 0 Å². The van der Waals surface area contributed by atoms with Crippen molar-refractivity contribution in [3.63, 3.8) is 0 Å². The second-order valence-corrected chi connectivity index (χ2v) is 4.65. The van der Waals surface area contributed by atoms with Crippen LogP contribution in [0.1, 0.15) is 26.7 Å². The molecule has 84 valence electrons. The van der Waals surface area contributed by atoms with Crippen LogP contribution in [-0.2, 0) is 0 Å². The maximum Gasteiger partial charge on any atom is 0.0232 e. The molecular weight excluding hydrogens is 174 g/mol. The number of likely N-dealkylation sites (N-methyl/N-ethyl adjacent to an activating group) is 1. The summed E-state index contributed by atoms with van der Waals surface area (Å²) in [7, 11) is 2.23. The van der Waals surface area contributed by atoms with E-state index >= 15 is 0 Å². The van der Waals surface area contributed by atoms with E-state index in [1.54, 1.807) is 0 Å². The van der Waals surface area contributed by atoms with Crippen molar-refractivity contribution in [2.75, 3.05) is 33.2 Å². The summed E-state index contributed by atoms with van der Waals surface area (Å²) < 4.78 is 0. The Balaban J connectivity index is 2.52. The third-order valence-electron chi connectivity index (χ3n) is 3.25. The molecule has 0 spiro atoms. The summed E-state index contributed by atoms with van der Waals surface area (Å²) in [5, 5.41) is 0. The first kappa shape index (κ1) is 12.0. The summed E-state index contributed by atoms with van der Waals surface area (Å²) in [4.78, 5) is 5.04. The fourth-order valence-electron chi connectivity index (χ4n) is 2.18. The lowest BCUT2D eigenvalue weighted by atomic mass is 10.1. The van der Waals surface area contributed by atoms with Crippen LogP contribution in [0.2, 0.25) is 0 Å². The quantitative estimate of drug-likeness (QED) is 0.728. The Hall–Kier alpha value is -0.120. The smallest absolute Gasteiger partial charge is 0.0232 e. The minimum Gasteiger partial charge on any atom is -0.330 e. The summed E-state index contributed by atoms with van der Waals surface area (Å²) in [6.07, 6.45) is 2.41. The third-order valence-corrected chi connectivity index (χ3v) is 3.25. The highest BCUT2D eigenvalue weighted by atomic mass is 15.2. The van der Waals surface area contributed by atoms with Crippen molar-refractivity contribution < 1.29 is 0 Å². The van der Waals surface area contributed by atoms with Crippen molar-refractivity contribution in [1.82, 2.24) is 9.80 Å². The first-order valence-corrected chi connectivity index (χ1v) is 5.79. The maximum absolute atomic E-state index is 5.65. The van der Waals surface area contributed by atoms with Gasteiger partial charge < -0.3 is 10.6 Å². The predicted molar refractivity (Wildman–Crippen MR) is 61.4 cm³/mol. The lowest BCUT2D eigenvalue weighted by molar-refractivity contribution is 0.175. The summed E-state index contributed by atoms with van der Waals surface area (Å²) in [5.41, 5.74) is 5.65. The van der Waals surface area contributed by atoms with Crippen molar-refractivity contribution in [1.29, 1.82) is 0 Å². The van der Waals surface area contributed by atoms with E-state index in [0.717, 1.165) is 13.0 Å². The van der Waals surface area contributed by atoms with E-state index in [9.17, 15) is 0 Å². The molecule has 0 aromatic heterocycles. The van der Waals surface area contributed by atoms with Gasteiger partial charge in [-0.3, -0.25) is 4.90 Å². The highest BCUT2D eigenvalue weighted by Gasteiger charge is 2.22. The minimum atomic E-state index is 0.657. The molecule has 1 aliphatic rings.